The number of hydrogen-bond donors (Lipinski definition) is 2. The number of carboxylic acid groups (broad SMARTS) is 1. The Morgan fingerprint density at radius 2 is 1.89 bits per heavy atom. The Morgan fingerprint density at radius 3 is 2.28 bits per heavy atom. The minimum atomic E-state index is -1.17. The first-order chi connectivity index (χ1) is 8.34. The number of carbonyl (C=O) groups is 3. The topological polar surface area (TPSA) is 94.9 Å². The molecule has 0 aliphatic heterocycles. The molecule has 0 aliphatic rings. The van der Waals surface area contributed by atoms with Gasteiger partial charge in [-0.05, 0) is 6.08 Å². The highest BCUT2D eigenvalue weighted by atomic mass is 16.4. The first-order valence-corrected chi connectivity index (χ1v) is 5.04. The second kappa shape index (κ2) is 7.18. The van der Waals surface area contributed by atoms with Crippen molar-refractivity contribution >= 4 is 17.8 Å². The largest absolute Gasteiger partial charge is 0.478 e. The third kappa shape index (κ3) is 4.34. The summed E-state index contributed by atoms with van der Waals surface area (Å²) in [6, 6.07) is 0. The maximum Gasteiger partial charge on any atom is 0.331 e. The number of hydrogen-bond acceptors (Lipinski definition) is 4. The van der Waals surface area contributed by atoms with Gasteiger partial charge < -0.3 is 10.2 Å². The lowest BCUT2D eigenvalue weighted by molar-refractivity contribution is -0.143. The monoisotopic (exact) mass is 253 g/mol. The van der Waals surface area contributed by atoms with Gasteiger partial charge in [-0.2, -0.15) is 0 Å². The Hall–Kier alpha value is -2.21. The summed E-state index contributed by atoms with van der Waals surface area (Å²) in [5.41, 5.74) is -0.0790. The molecule has 0 aromatic heterocycles. The van der Waals surface area contributed by atoms with Crippen molar-refractivity contribution in [3.05, 3.63) is 37.0 Å². The zero-order valence-electron chi connectivity index (χ0n) is 10.00. The Bertz CT molecular complexity index is 411. The van der Waals surface area contributed by atoms with Gasteiger partial charge in [-0.1, -0.05) is 26.2 Å². The number of rotatable bonds is 6. The smallest absolute Gasteiger partial charge is 0.331 e. The van der Waals surface area contributed by atoms with Gasteiger partial charge in [-0.25, -0.2) is 4.79 Å². The van der Waals surface area contributed by atoms with E-state index < -0.39 is 30.4 Å². The number of allylic oxidation sites excluding steroid dienone is 1. The molecule has 0 saturated heterocycles. The van der Waals surface area contributed by atoms with Gasteiger partial charge in [0.15, 0.2) is 0 Å². The van der Waals surface area contributed by atoms with E-state index in [-0.39, 0.29) is 5.57 Å². The summed E-state index contributed by atoms with van der Waals surface area (Å²) in [7, 11) is 0. The van der Waals surface area contributed by atoms with Crippen molar-refractivity contribution in [2.75, 3.05) is 6.73 Å². The van der Waals surface area contributed by atoms with E-state index >= 15 is 0 Å². The van der Waals surface area contributed by atoms with Gasteiger partial charge in [0.1, 0.15) is 6.73 Å². The normalized spacial score (nSPS) is 11.9. The molecule has 6 nitrogen and oxygen atoms in total. The Kier molecular flexibility index (Phi) is 6.30. The van der Waals surface area contributed by atoms with Crippen molar-refractivity contribution in [2.45, 2.75) is 6.92 Å². The summed E-state index contributed by atoms with van der Waals surface area (Å²) < 4.78 is 0. The third-order valence-electron chi connectivity index (χ3n) is 2.20. The van der Waals surface area contributed by atoms with Crippen molar-refractivity contribution in [3.63, 3.8) is 0 Å². The van der Waals surface area contributed by atoms with E-state index in [1.807, 2.05) is 0 Å². The number of amides is 2. The first kappa shape index (κ1) is 15.8. The van der Waals surface area contributed by atoms with Gasteiger partial charge in [0.2, 0.25) is 0 Å². The van der Waals surface area contributed by atoms with Crippen molar-refractivity contribution in [1.29, 1.82) is 0 Å². The molecule has 0 radical (unpaired) electrons. The van der Waals surface area contributed by atoms with Gasteiger partial charge in [0.25, 0.3) is 11.8 Å². The SMILES string of the molecule is C=CC(=O)N(CO)C(=O)C=CC(C)C(=C)C(=O)O. The summed E-state index contributed by atoms with van der Waals surface area (Å²) in [6.45, 7) is 7.29. The van der Waals surface area contributed by atoms with E-state index in [9.17, 15) is 14.4 Å². The molecule has 0 aromatic carbocycles. The summed E-state index contributed by atoms with van der Waals surface area (Å²) in [5.74, 6) is -3.23. The highest BCUT2D eigenvalue weighted by molar-refractivity contribution is 6.04. The summed E-state index contributed by atoms with van der Waals surface area (Å²) >= 11 is 0. The standard InChI is InChI=1S/C12H15NO5/c1-4-10(15)13(7-14)11(16)6-5-8(2)9(3)12(17)18/h4-6,8,14H,1,3,7H2,2H3,(H,17,18). The Balaban J connectivity index is 4.73. The van der Waals surface area contributed by atoms with E-state index in [2.05, 4.69) is 13.2 Å². The van der Waals surface area contributed by atoms with Gasteiger partial charge in [0.05, 0.1) is 0 Å². The van der Waals surface area contributed by atoms with Crippen LogP contribution in [0, 0.1) is 5.92 Å². The lowest BCUT2D eigenvalue weighted by Gasteiger charge is -2.13. The minimum absolute atomic E-state index is 0.0790. The van der Waals surface area contributed by atoms with Crippen molar-refractivity contribution < 1.29 is 24.6 Å². The molecule has 1 unspecified atom stereocenters. The van der Waals surface area contributed by atoms with Crippen molar-refractivity contribution in [2.24, 2.45) is 5.92 Å². The number of nitrogens with zero attached hydrogens (tertiary/aromatic N) is 1. The van der Waals surface area contributed by atoms with Crippen LogP contribution >= 0.6 is 0 Å². The van der Waals surface area contributed by atoms with E-state index in [1.165, 1.54) is 6.08 Å². The fourth-order valence-corrected chi connectivity index (χ4v) is 0.986. The number of carbonyl (C=O) groups excluding carboxylic acids is 2. The van der Waals surface area contributed by atoms with Gasteiger partial charge in [-0.3, -0.25) is 14.5 Å². The van der Waals surface area contributed by atoms with Crippen LogP contribution in [-0.4, -0.2) is 39.6 Å². The summed E-state index contributed by atoms with van der Waals surface area (Å²) in [4.78, 5) is 33.8. The van der Waals surface area contributed by atoms with Crippen LogP contribution < -0.4 is 0 Å². The second-order valence-corrected chi connectivity index (χ2v) is 3.43. The lowest BCUT2D eigenvalue weighted by atomic mass is 10.0. The highest BCUT2D eigenvalue weighted by Gasteiger charge is 2.16. The van der Waals surface area contributed by atoms with Crippen LogP contribution in [0.15, 0.2) is 37.0 Å². The molecule has 0 heterocycles. The Labute approximate surface area is 105 Å². The molecule has 18 heavy (non-hydrogen) atoms. The predicted molar refractivity (Wildman–Crippen MR) is 64.2 cm³/mol. The molecule has 0 spiro atoms. The quantitative estimate of drug-likeness (QED) is 0.524. The predicted octanol–water partition coefficient (Wildman–Crippen LogP) is 0.310. The molecule has 2 amide bonds. The second-order valence-electron chi connectivity index (χ2n) is 3.43. The van der Waals surface area contributed by atoms with Gasteiger partial charge in [-0.15, -0.1) is 0 Å². The molecule has 98 valence electrons. The molecule has 0 saturated carbocycles. The Morgan fingerprint density at radius 1 is 1.33 bits per heavy atom. The van der Waals surface area contributed by atoms with E-state index in [4.69, 9.17) is 10.2 Å². The molecule has 0 aliphatic carbocycles. The molecule has 0 fully saturated rings. The molecule has 2 N–H and O–H groups in total. The maximum atomic E-state index is 11.5. The van der Waals surface area contributed by atoms with Crippen LogP contribution in [0.1, 0.15) is 6.92 Å². The molecular weight excluding hydrogens is 238 g/mol. The van der Waals surface area contributed by atoms with Crippen LogP contribution in [0.2, 0.25) is 0 Å². The average Bonchev–Trinajstić information content (AvgIpc) is 2.35. The molecule has 0 rings (SSSR count). The minimum Gasteiger partial charge on any atom is -0.478 e. The molecule has 1 atom stereocenters. The van der Waals surface area contributed by atoms with E-state index in [1.54, 1.807) is 6.92 Å². The molecular formula is C12H15NO5. The third-order valence-corrected chi connectivity index (χ3v) is 2.20. The van der Waals surface area contributed by atoms with Gasteiger partial charge in [0, 0.05) is 17.6 Å². The van der Waals surface area contributed by atoms with Crippen molar-refractivity contribution in [3.8, 4) is 0 Å². The van der Waals surface area contributed by atoms with Gasteiger partial charge >= 0.3 is 5.97 Å². The molecule has 6 heteroatoms. The van der Waals surface area contributed by atoms with Crippen LogP contribution in [0.5, 0.6) is 0 Å². The van der Waals surface area contributed by atoms with E-state index in [0.717, 1.165) is 12.2 Å². The number of aliphatic hydroxyl groups excluding tert-OH is 1. The average molecular weight is 253 g/mol. The zero-order valence-corrected chi connectivity index (χ0v) is 10.00. The van der Waals surface area contributed by atoms with Crippen LogP contribution in [0.25, 0.3) is 0 Å². The molecule has 0 bridgehead atoms. The molecule has 0 aromatic rings. The fourth-order valence-electron chi connectivity index (χ4n) is 0.986. The van der Waals surface area contributed by atoms with E-state index in [0.29, 0.717) is 4.90 Å². The van der Waals surface area contributed by atoms with Crippen LogP contribution in [0.3, 0.4) is 0 Å². The summed E-state index contributed by atoms with van der Waals surface area (Å²) in [6.07, 6.45) is 3.19. The van der Waals surface area contributed by atoms with Crippen LogP contribution in [0.4, 0.5) is 0 Å². The highest BCUT2D eigenvalue weighted by Crippen LogP contribution is 2.10. The van der Waals surface area contributed by atoms with Crippen LogP contribution in [-0.2, 0) is 14.4 Å². The summed E-state index contributed by atoms with van der Waals surface area (Å²) in [5, 5.41) is 17.5. The fraction of sp³-hybridized carbons (Fsp3) is 0.250. The number of imide groups is 1. The number of carboxylic acids is 1. The maximum absolute atomic E-state index is 11.5. The van der Waals surface area contributed by atoms with Crippen molar-refractivity contribution in [1.82, 2.24) is 4.90 Å². The number of aliphatic carboxylic acids is 1. The zero-order chi connectivity index (χ0) is 14.3. The lowest BCUT2D eigenvalue weighted by Crippen LogP contribution is -2.35. The number of aliphatic hydroxyl groups is 1. The first-order valence-electron chi connectivity index (χ1n) is 5.04.